The summed E-state index contributed by atoms with van der Waals surface area (Å²) >= 11 is 0. The first-order valence-corrected chi connectivity index (χ1v) is 7.40. The van der Waals surface area contributed by atoms with Gasteiger partial charge in [-0.05, 0) is 35.4 Å². The Morgan fingerprint density at radius 2 is 1.83 bits per heavy atom. The van der Waals surface area contributed by atoms with E-state index >= 15 is 0 Å². The Hall–Kier alpha value is -3.07. The Labute approximate surface area is 134 Å². The molecule has 0 aliphatic carbocycles. The SMILES string of the molecule is Cc1ccc(O)c(N/C=C/C(=O)c2cccc3ccccc23)c1. The maximum Gasteiger partial charge on any atom is 0.187 e. The lowest BCUT2D eigenvalue weighted by atomic mass is 10.0. The summed E-state index contributed by atoms with van der Waals surface area (Å²) in [5.74, 6) is 0.0688. The number of allylic oxidation sites excluding steroid dienone is 1. The van der Waals surface area contributed by atoms with E-state index in [1.165, 1.54) is 6.08 Å². The quantitative estimate of drug-likeness (QED) is 0.418. The van der Waals surface area contributed by atoms with Gasteiger partial charge < -0.3 is 10.4 Å². The highest BCUT2D eigenvalue weighted by Gasteiger charge is 2.06. The standard InChI is InChI=1S/C20H17NO2/c1-14-9-10-20(23)18(13-14)21-12-11-19(22)17-8-4-6-15-5-2-3-7-16(15)17/h2-13,21,23H,1H3/b12-11+. The number of nitrogens with one attached hydrogen (secondary N) is 1. The van der Waals surface area contributed by atoms with Crippen molar-refractivity contribution in [2.24, 2.45) is 0 Å². The number of phenols is 1. The number of hydrogen-bond acceptors (Lipinski definition) is 3. The zero-order valence-electron chi connectivity index (χ0n) is 12.8. The maximum atomic E-state index is 12.4. The molecule has 0 saturated heterocycles. The van der Waals surface area contributed by atoms with Crippen LogP contribution >= 0.6 is 0 Å². The molecule has 0 spiro atoms. The number of benzene rings is 3. The van der Waals surface area contributed by atoms with Gasteiger partial charge in [-0.3, -0.25) is 4.79 Å². The highest BCUT2D eigenvalue weighted by atomic mass is 16.3. The minimum Gasteiger partial charge on any atom is -0.506 e. The summed E-state index contributed by atoms with van der Waals surface area (Å²) in [6, 6.07) is 18.8. The van der Waals surface area contributed by atoms with E-state index in [0.717, 1.165) is 16.3 Å². The van der Waals surface area contributed by atoms with Crippen molar-refractivity contribution in [3.05, 3.63) is 84.1 Å². The van der Waals surface area contributed by atoms with Crippen molar-refractivity contribution >= 4 is 22.2 Å². The number of anilines is 1. The van der Waals surface area contributed by atoms with Crippen LogP contribution in [0.1, 0.15) is 15.9 Å². The van der Waals surface area contributed by atoms with E-state index in [9.17, 15) is 9.90 Å². The number of carbonyl (C=O) groups excluding carboxylic acids is 1. The molecule has 0 aromatic heterocycles. The van der Waals surface area contributed by atoms with Crippen LogP contribution in [0.4, 0.5) is 5.69 Å². The van der Waals surface area contributed by atoms with Crippen molar-refractivity contribution in [3.8, 4) is 5.75 Å². The second-order valence-electron chi connectivity index (χ2n) is 5.39. The van der Waals surface area contributed by atoms with Gasteiger partial charge in [0.2, 0.25) is 0 Å². The molecule has 0 bridgehead atoms. The normalized spacial score (nSPS) is 11.0. The first kappa shape index (κ1) is 14.9. The molecular formula is C20H17NO2. The van der Waals surface area contributed by atoms with Crippen molar-refractivity contribution < 1.29 is 9.90 Å². The molecule has 23 heavy (non-hydrogen) atoms. The smallest absolute Gasteiger partial charge is 0.187 e. The molecule has 3 rings (SSSR count). The summed E-state index contributed by atoms with van der Waals surface area (Å²) in [5.41, 5.74) is 2.26. The Balaban J connectivity index is 1.82. The van der Waals surface area contributed by atoms with Gasteiger partial charge in [0.25, 0.3) is 0 Å². The third-order valence-electron chi connectivity index (χ3n) is 3.68. The molecule has 0 saturated carbocycles. The van der Waals surface area contributed by atoms with Gasteiger partial charge in [0.1, 0.15) is 5.75 Å². The van der Waals surface area contributed by atoms with Crippen LogP contribution in [0.3, 0.4) is 0 Å². The number of aromatic hydroxyl groups is 1. The first-order chi connectivity index (χ1) is 11.1. The summed E-state index contributed by atoms with van der Waals surface area (Å²) in [4.78, 5) is 12.4. The minimum atomic E-state index is -0.0820. The molecule has 3 aromatic rings. The van der Waals surface area contributed by atoms with Crippen LogP contribution < -0.4 is 5.32 Å². The number of carbonyl (C=O) groups is 1. The van der Waals surface area contributed by atoms with E-state index in [0.29, 0.717) is 11.3 Å². The molecule has 114 valence electrons. The zero-order chi connectivity index (χ0) is 16.2. The van der Waals surface area contributed by atoms with Gasteiger partial charge in [-0.25, -0.2) is 0 Å². The Morgan fingerprint density at radius 1 is 1.04 bits per heavy atom. The van der Waals surface area contributed by atoms with Crippen molar-refractivity contribution in [2.45, 2.75) is 6.92 Å². The summed E-state index contributed by atoms with van der Waals surface area (Å²) < 4.78 is 0. The highest BCUT2D eigenvalue weighted by Crippen LogP contribution is 2.24. The van der Waals surface area contributed by atoms with E-state index in [1.807, 2.05) is 61.5 Å². The van der Waals surface area contributed by atoms with Gasteiger partial charge in [-0.15, -0.1) is 0 Å². The lowest BCUT2D eigenvalue weighted by Gasteiger charge is -2.05. The van der Waals surface area contributed by atoms with Crippen molar-refractivity contribution in [2.75, 3.05) is 5.32 Å². The molecule has 0 heterocycles. The molecule has 0 aliphatic heterocycles. The van der Waals surface area contributed by atoms with Crippen molar-refractivity contribution in [1.29, 1.82) is 0 Å². The third-order valence-corrected chi connectivity index (χ3v) is 3.68. The summed E-state index contributed by atoms with van der Waals surface area (Å²) in [6.45, 7) is 1.94. The lowest BCUT2D eigenvalue weighted by Crippen LogP contribution is -1.97. The maximum absolute atomic E-state index is 12.4. The monoisotopic (exact) mass is 303 g/mol. The topological polar surface area (TPSA) is 49.3 Å². The van der Waals surface area contributed by atoms with E-state index in [-0.39, 0.29) is 11.5 Å². The molecule has 0 amide bonds. The van der Waals surface area contributed by atoms with Gasteiger partial charge in [0, 0.05) is 17.8 Å². The number of ketones is 1. The summed E-state index contributed by atoms with van der Waals surface area (Å²) in [7, 11) is 0. The molecule has 3 aromatic carbocycles. The number of phenolic OH excluding ortho intramolecular Hbond substituents is 1. The third kappa shape index (κ3) is 3.24. The second-order valence-corrected chi connectivity index (χ2v) is 5.39. The lowest BCUT2D eigenvalue weighted by molar-refractivity contribution is 0.104. The molecule has 0 unspecified atom stereocenters. The number of aryl methyl sites for hydroxylation is 1. The molecule has 0 aliphatic rings. The van der Waals surface area contributed by atoms with E-state index in [4.69, 9.17) is 0 Å². The largest absolute Gasteiger partial charge is 0.506 e. The van der Waals surface area contributed by atoms with E-state index in [1.54, 1.807) is 12.3 Å². The highest BCUT2D eigenvalue weighted by molar-refractivity contribution is 6.13. The van der Waals surface area contributed by atoms with Crippen LogP contribution in [-0.2, 0) is 0 Å². The van der Waals surface area contributed by atoms with Crippen LogP contribution in [0.25, 0.3) is 10.8 Å². The second kappa shape index (κ2) is 6.36. The molecular weight excluding hydrogens is 286 g/mol. The predicted octanol–water partition coefficient (Wildman–Crippen LogP) is 4.66. The van der Waals surface area contributed by atoms with Gasteiger partial charge in [0.05, 0.1) is 5.69 Å². The minimum absolute atomic E-state index is 0.0820. The fourth-order valence-electron chi connectivity index (χ4n) is 2.50. The van der Waals surface area contributed by atoms with E-state index in [2.05, 4.69) is 5.32 Å². The van der Waals surface area contributed by atoms with Gasteiger partial charge in [-0.1, -0.05) is 48.5 Å². The van der Waals surface area contributed by atoms with Gasteiger partial charge in [-0.2, -0.15) is 0 Å². The number of hydrogen-bond donors (Lipinski definition) is 2. The van der Waals surface area contributed by atoms with Gasteiger partial charge in [0.15, 0.2) is 5.78 Å². The molecule has 0 fully saturated rings. The average Bonchev–Trinajstić information content (AvgIpc) is 2.57. The molecule has 3 heteroatoms. The average molecular weight is 303 g/mol. The molecule has 2 N–H and O–H groups in total. The molecule has 0 atom stereocenters. The fraction of sp³-hybridized carbons (Fsp3) is 0.0500. The predicted molar refractivity (Wildman–Crippen MR) is 93.9 cm³/mol. The van der Waals surface area contributed by atoms with Crippen LogP contribution in [0.2, 0.25) is 0 Å². The van der Waals surface area contributed by atoms with Crippen LogP contribution in [-0.4, -0.2) is 10.9 Å². The summed E-state index contributed by atoms with van der Waals surface area (Å²) in [6.07, 6.45) is 3.03. The zero-order valence-corrected chi connectivity index (χ0v) is 12.8. The Kier molecular flexibility index (Phi) is 4.11. The van der Waals surface area contributed by atoms with Crippen LogP contribution in [0, 0.1) is 6.92 Å². The van der Waals surface area contributed by atoms with Crippen LogP contribution in [0.15, 0.2) is 72.9 Å². The van der Waals surface area contributed by atoms with E-state index < -0.39 is 0 Å². The Bertz CT molecular complexity index is 892. The van der Waals surface area contributed by atoms with Crippen LogP contribution in [0.5, 0.6) is 5.75 Å². The summed E-state index contributed by atoms with van der Waals surface area (Å²) in [5, 5.41) is 14.7. The fourth-order valence-corrected chi connectivity index (χ4v) is 2.50. The number of fused-ring (bicyclic) bond motifs is 1. The van der Waals surface area contributed by atoms with Crippen molar-refractivity contribution in [1.82, 2.24) is 0 Å². The molecule has 3 nitrogen and oxygen atoms in total. The first-order valence-electron chi connectivity index (χ1n) is 7.40. The number of rotatable bonds is 4. The molecule has 0 radical (unpaired) electrons. The van der Waals surface area contributed by atoms with Gasteiger partial charge >= 0.3 is 0 Å². The Morgan fingerprint density at radius 3 is 2.70 bits per heavy atom. The van der Waals surface area contributed by atoms with Crippen molar-refractivity contribution in [3.63, 3.8) is 0 Å².